The van der Waals surface area contributed by atoms with Gasteiger partial charge in [0.2, 0.25) is 0 Å². The molecule has 4 fully saturated rings. The van der Waals surface area contributed by atoms with Gasteiger partial charge in [-0.3, -0.25) is 19.2 Å². The fourth-order valence-corrected chi connectivity index (χ4v) is 10.3. The maximum Gasteiger partial charge on any atom is 0.305 e. The number of carbonyl (C=O) groups is 4. The molecule has 0 bridgehead atoms. The lowest BCUT2D eigenvalue weighted by atomic mass is 9.41. The Kier molecular flexibility index (Phi) is 7.83. The predicted molar refractivity (Wildman–Crippen MR) is 139 cm³/mol. The molecule has 0 saturated heterocycles. The van der Waals surface area contributed by atoms with Gasteiger partial charge in [0.15, 0.2) is 5.78 Å². The number of ketones is 2. The average molecular weight is 568 g/mol. The Morgan fingerprint density at radius 1 is 1.11 bits per heavy atom. The molecule has 0 aromatic carbocycles. The van der Waals surface area contributed by atoms with Crippen molar-refractivity contribution in [3.8, 4) is 0 Å². The number of hydrogen-bond acceptors (Lipinski definition) is 6. The van der Waals surface area contributed by atoms with E-state index in [-0.39, 0.29) is 86.7 Å². The highest BCUT2D eigenvalue weighted by Crippen LogP contribution is 2.69. The molecule has 0 amide bonds. The Hall–Kier alpha value is -1.24. The SMILES string of the molecule is CC[C@H]1C(=O)C2C3CC[C@H]([C@H](C)CCC(=O)OC)[C@@]3(C)C(Br)C(=O)[C@@H]2[C@@]2(C)CC[C@@H](OC(C)=O)C[C@@H]12. The second-order valence-corrected chi connectivity index (χ2v) is 13.5. The summed E-state index contributed by atoms with van der Waals surface area (Å²) < 4.78 is 10.5. The summed E-state index contributed by atoms with van der Waals surface area (Å²) in [6.07, 6.45) is 5.81. The van der Waals surface area contributed by atoms with E-state index in [1.54, 1.807) is 0 Å². The number of alkyl halides is 1. The van der Waals surface area contributed by atoms with E-state index in [9.17, 15) is 19.2 Å². The van der Waals surface area contributed by atoms with Crippen LogP contribution in [0.2, 0.25) is 0 Å². The van der Waals surface area contributed by atoms with Crippen molar-refractivity contribution in [2.24, 2.45) is 52.3 Å². The molecule has 4 aliphatic rings. The van der Waals surface area contributed by atoms with Gasteiger partial charge in [0.1, 0.15) is 11.9 Å². The highest BCUT2D eigenvalue weighted by atomic mass is 79.9. The lowest BCUT2D eigenvalue weighted by Gasteiger charge is -2.62. The third-order valence-corrected chi connectivity index (χ3v) is 12.5. The van der Waals surface area contributed by atoms with Crippen LogP contribution in [0, 0.1) is 52.3 Å². The minimum absolute atomic E-state index is 0.0542. The van der Waals surface area contributed by atoms with Crippen molar-refractivity contribution in [1.29, 1.82) is 0 Å². The lowest BCUT2D eigenvalue weighted by molar-refractivity contribution is -0.182. The predicted octanol–water partition coefficient (Wildman–Crippen LogP) is 5.53. The van der Waals surface area contributed by atoms with E-state index in [4.69, 9.17) is 9.47 Å². The van der Waals surface area contributed by atoms with Gasteiger partial charge in [0.05, 0.1) is 11.9 Å². The molecule has 0 aliphatic heterocycles. The molecule has 0 radical (unpaired) electrons. The van der Waals surface area contributed by atoms with Crippen LogP contribution in [0.5, 0.6) is 0 Å². The Labute approximate surface area is 224 Å². The van der Waals surface area contributed by atoms with E-state index >= 15 is 0 Å². The third-order valence-electron chi connectivity index (χ3n) is 11.0. The number of methoxy groups -OCH3 is 1. The van der Waals surface area contributed by atoms with Crippen LogP contribution in [0.4, 0.5) is 0 Å². The zero-order chi connectivity index (χ0) is 26.6. The minimum atomic E-state index is -0.320. The van der Waals surface area contributed by atoms with Crippen molar-refractivity contribution < 1.29 is 28.7 Å². The second-order valence-electron chi connectivity index (χ2n) is 12.6. The first-order valence-corrected chi connectivity index (χ1v) is 14.8. The fourth-order valence-electron chi connectivity index (χ4n) is 9.33. The van der Waals surface area contributed by atoms with Crippen LogP contribution < -0.4 is 0 Å². The van der Waals surface area contributed by atoms with Crippen LogP contribution >= 0.6 is 15.9 Å². The molecule has 4 saturated carbocycles. The van der Waals surface area contributed by atoms with E-state index < -0.39 is 0 Å². The number of Topliss-reactive ketones (excluding diaryl/α,β-unsaturated/α-hetero) is 2. The van der Waals surface area contributed by atoms with Crippen molar-refractivity contribution in [1.82, 2.24) is 0 Å². The second kappa shape index (κ2) is 10.1. The molecule has 6 nitrogen and oxygen atoms in total. The quantitative estimate of drug-likeness (QED) is 0.310. The molecule has 0 aromatic rings. The van der Waals surface area contributed by atoms with E-state index in [2.05, 4.69) is 43.6 Å². The van der Waals surface area contributed by atoms with Crippen LogP contribution in [-0.4, -0.2) is 41.5 Å². The molecular weight excluding hydrogens is 524 g/mol. The molecule has 4 aliphatic carbocycles. The zero-order valence-corrected chi connectivity index (χ0v) is 24.3. The Balaban J connectivity index is 1.67. The van der Waals surface area contributed by atoms with Gasteiger partial charge < -0.3 is 9.47 Å². The number of hydrogen-bond donors (Lipinski definition) is 0. The Bertz CT molecular complexity index is 917. The summed E-state index contributed by atoms with van der Waals surface area (Å²) in [5.74, 6) is 0.0636. The molecule has 4 rings (SSSR count). The summed E-state index contributed by atoms with van der Waals surface area (Å²) in [6, 6.07) is 0. The summed E-state index contributed by atoms with van der Waals surface area (Å²) in [6.45, 7) is 10.2. The van der Waals surface area contributed by atoms with Gasteiger partial charge >= 0.3 is 11.9 Å². The van der Waals surface area contributed by atoms with Gasteiger partial charge in [0, 0.05) is 31.1 Å². The third kappa shape index (κ3) is 4.19. The van der Waals surface area contributed by atoms with Crippen molar-refractivity contribution in [2.75, 3.05) is 7.11 Å². The summed E-state index contributed by atoms with van der Waals surface area (Å²) in [7, 11) is 1.42. The van der Waals surface area contributed by atoms with Crippen LogP contribution in [0.3, 0.4) is 0 Å². The topological polar surface area (TPSA) is 86.7 Å². The van der Waals surface area contributed by atoms with E-state index in [0.29, 0.717) is 12.8 Å². The van der Waals surface area contributed by atoms with Gasteiger partial charge in [0.25, 0.3) is 0 Å². The lowest BCUT2D eigenvalue weighted by Crippen LogP contribution is -2.66. The Morgan fingerprint density at radius 2 is 1.81 bits per heavy atom. The molecule has 0 N–H and O–H groups in total. The first-order valence-electron chi connectivity index (χ1n) is 13.9. The van der Waals surface area contributed by atoms with Gasteiger partial charge in [-0.1, -0.05) is 43.6 Å². The zero-order valence-electron chi connectivity index (χ0n) is 22.7. The van der Waals surface area contributed by atoms with Crippen LogP contribution in [-0.2, 0) is 28.7 Å². The standard InChI is InChI=1S/C29H43BrO6/c1-7-18-21-14-17(36-16(3)31)12-13-28(21,4)24-23(25(18)33)20-10-9-19(15(2)8-11-22(32)35-6)29(20,5)27(30)26(24)34/h15,17-21,23-24,27H,7-14H2,1-6H3/t15-,17-,18-,19-,20?,21+,23?,24-,27?,28+,29-/m1/s1. The van der Waals surface area contributed by atoms with Crippen molar-refractivity contribution >= 4 is 39.4 Å². The van der Waals surface area contributed by atoms with E-state index in [1.165, 1.54) is 14.0 Å². The summed E-state index contributed by atoms with van der Waals surface area (Å²) in [4.78, 5) is 51.7. The van der Waals surface area contributed by atoms with Crippen LogP contribution in [0.15, 0.2) is 0 Å². The summed E-state index contributed by atoms with van der Waals surface area (Å²) >= 11 is 3.90. The van der Waals surface area contributed by atoms with Gasteiger partial charge in [-0.2, -0.15) is 0 Å². The molecule has 36 heavy (non-hydrogen) atoms. The van der Waals surface area contributed by atoms with Crippen molar-refractivity contribution in [3.63, 3.8) is 0 Å². The molecule has 0 heterocycles. The average Bonchev–Trinajstić information content (AvgIpc) is 3.19. The highest BCUT2D eigenvalue weighted by Gasteiger charge is 2.70. The van der Waals surface area contributed by atoms with Crippen LogP contribution in [0.25, 0.3) is 0 Å². The fraction of sp³-hybridized carbons (Fsp3) is 0.862. The molecule has 7 heteroatoms. The summed E-state index contributed by atoms with van der Waals surface area (Å²) in [5.41, 5.74) is -0.588. The molecular formula is C29H43BrO6. The maximum absolute atomic E-state index is 14.3. The molecule has 0 spiro atoms. The Morgan fingerprint density at radius 3 is 2.42 bits per heavy atom. The normalized spacial score (nSPS) is 44.8. The highest BCUT2D eigenvalue weighted by molar-refractivity contribution is 9.10. The molecule has 11 atom stereocenters. The maximum atomic E-state index is 14.3. The van der Waals surface area contributed by atoms with Crippen molar-refractivity contribution in [2.45, 2.75) is 96.9 Å². The van der Waals surface area contributed by atoms with Crippen molar-refractivity contribution in [3.05, 3.63) is 0 Å². The largest absolute Gasteiger partial charge is 0.469 e. The number of carbonyl (C=O) groups excluding carboxylic acids is 4. The minimum Gasteiger partial charge on any atom is -0.469 e. The van der Waals surface area contributed by atoms with E-state index in [1.807, 2.05) is 0 Å². The van der Waals surface area contributed by atoms with Crippen LogP contribution in [0.1, 0.15) is 86.0 Å². The molecule has 202 valence electrons. The number of rotatable bonds is 6. The van der Waals surface area contributed by atoms with Gasteiger partial charge in [-0.25, -0.2) is 0 Å². The number of ether oxygens (including phenoxy) is 2. The van der Waals surface area contributed by atoms with Gasteiger partial charge in [-0.15, -0.1) is 0 Å². The first kappa shape index (κ1) is 27.8. The first-order chi connectivity index (χ1) is 16.9. The molecule has 0 aromatic heterocycles. The van der Waals surface area contributed by atoms with E-state index in [0.717, 1.165) is 38.5 Å². The monoisotopic (exact) mass is 566 g/mol. The van der Waals surface area contributed by atoms with Gasteiger partial charge in [-0.05, 0) is 79.4 Å². The summed E-state index contributed by atoms with van der Waals surface area (Å²) in [5, 5.41) is 0. The molecule has 3 unspecified atom stereocenters. The number of esters is 2. The number of fused-ring (bicyclic) bond motifs is 5. The number of halogens is 1. The smallest absolute Gasteiger partial charge is 0.305 e.